The van der Waals surface area contributed by atoms with Gasteiger partial charge in [0.05, 0.1) is 6.61 Å². The lowest BCUT2D eigenvalue weighted by Crippen LogP contribution is -2.08. The summed E-state index contributed by atoms with van der Waals surface area (Å²) in [5, 5.41) is 0. The Hall–Kier alpha value is -0.995. The Labute approximate surface area is 79.6 Å². The highest BCUT2D eigenvalue weighted by atomic mass is 16.5. The van der Waals surface area contributed by atoms with Crippen molar-refractivity contribution in [1.82, 2.24) is 0 Å². The topological polar surface area (TPSA) is 72.2 Å². The molecule has 0 unspecified atom stereocenters. The maximum absolute atomic E-state index is 5.29. The lowest BCUT2D eigenvalue weighted by Gasteiger charge is -2.02. The minimum absolute atomic E-state index is 0. The van der Waals surface area contributed by atoms with Gasteiger partial charge in [-0.05, 0) is 19.1 Å². The predicted molar refractivity (Wildman–Crippen MR) is 56.1 cm³/mol. The summed E-state index contributed by atoms with van der Waals surface area (Å²) in [6, 6.07) is 8.06. The summed E-state index contributed by atoms with van der Waals surface area (Å²) in [5.41, 5.74) is 1.23. The summed E-state index contributed by atoms with van der Waals surface area (Å²) in [6.45, 7) is 4.74. The van der Waals surface area contributed by atoms with Crippen molar-refractivity contribution in [1.29, 1.82) is 0 Å². The number of rotatable bonds is 3. The number of hydrogen-bond donors (Lipinski definition) is 0. The lowest BCUT2D eigenvalue weighted by atomic mass is 9.73. The molecule has 0 fully saturated rings. The second-order valence-corrected chi connectivity index (χ2v) is 2.29. The first-order valence-corrected chi connectivity index (χ1v) is 3.89. The second-order valence-electron chi connectivity index (χ2n) is 2.29. The molecule has 1 radical (unpaired) electrons. The molecule has 0 aliphatic rings. The number of hydrogen-bond acceptors (Lipinski definition) is 1. The minimum atomic E-state index is 0. The molecule has 0 saturated heterocycles. The summed E-state index contributed by atoms with van der Waals surface area (Å²) in [5.74, 6) is 0.943. The Bertz CT molecular complexity index is 211. The maximum Gasteiger partial charge on any atom is 0.148 e. The van der Waals surface area contributed by atoms with Crippen LogP contribution in [0.15, 0.2) is 24.3 Å². The van der Waals surface area contributed by atoms with Gasteiger partial charge in [-0.1, -0.05) is 24.4 Å². The Morgan fingerprint density at radius 1 is 1.15 bits per heavy atom. The van der Waals surface area contributed by atoms with Crippen LogP contribution in [-0.2, 0) is 0 Å². The van der Waals surface area contributed by atoms with Crippen LogP contribution in [0.3, 0.4) is 0 Å². The van der Waals surface area contributed by atoms with Crippen molar-refractivity contribution in [2.45, 2.75) is 13.7 Å². The molecule has 13 heavy (non-hydrogen) atoms. The van der Waals surface area contributed by atoms with Crippen molar-refractivity contribution < 1.29 is 15.7 Å². The zero-order valence-electron chi connectivity index (χ0n) is 8.00. The van der Waals surface area contributed by atoms with Crippen LogP contribution < -0.4 is 10.2 Å². The molecule has 1 aromatic rings. The van der Waals surface area contributed by atoms with Gasteiger partial charge in [0.1, 0.15) is 13.0 Å². The second kappa shape index (κ2) is 7.64. The van der Waals surface area contributed by atoms with Crippen LogP contribution in [0, 0.1) is 0 Å². The van der Waals surface area contributed by atoms with E-state index in [1.54, 1.807) is 0 Å². The molecular formula is C9H16BO3. The van der Waals surface area contributed by atoms with E-state index >= 15 is 0 Å². The molecule has 4 heteroatoms. The van der Waals surface area contributed by atoms with Crippen LogP contribution in [-0.4, -0.2) is 24.8 Å². The van der Waals surface area contributed by atoms with E-state index in [4.69, 9.17) is 4.74 Å². The third-order valence-corrected chi connectivity index (χ3v) is 1.52. The van der Waals surface area contributed by atoms with Gasteiger partial charge in [-0.2, -0.15) is 0 Å². The number of benzene rings is 1. The van der Waals surface area contributed by atoms with Crippen LogP contribution >= 0.6 is 0 Å². The normalized spacial score (nSPS) is 7.85. The first-order chi connectivity index (χ1) is 5.36. The van der Waals surface area contributed by atoms with E-state index in [1.165, 1.54) is 5.46 Å². The molecule has 0 heterocycles. The van der Waals surface area contributed by atoms with Gasteiger partial charge in [0, 0.05) is 0 Å². The van der Waals surface area contributed by atoms with E-state index in [2.05, 4.69) is 7.28 Å². The molecule has 3 nitrogen and oxygen atoms in total. The SMILES string of the molecule is C[B]c1ccc(OCC)cc1.O.O. The molecule has 1 aromatic carbocycles. The monoisotopic (exact) mass is 183 g/mol. The quantitative estimate of drug-likeness (QED) is 0.598. The summed E-state index contributed by atoms with van der Waals surface area (Å²) >= 11 is 0. The summed E-state index contributed by atoms with van der Waals surface area (Å²) in [7, 11) is 2.07. The van der Waals surface area contributed by atoms with Crippen molar-refractivity contribution in [2.75, 3.05) is 6.61 Å². The standard InChI is InChI=1S/C9H12BO.2H2O/c1-3-11-9-6-4-8(10-2)5-7-9;;/h4-7H,3H2,1-2H3;2*1H2. The van der Waals surface area contributed by atoms with Crippen LogP contribution in [0.5, 0.6) is 5.75 Å². The van der Waals surface area contributed by atoms with E-state index in [0.29, 0.717) is 0 Å². The molecule has 0 atom stereocenters. The molecule has 0 saturated carbocycles. The van der Waals surface area contributed by atoms with E-state index < -0.39 is 0 Å². The van der Waals surface area contributed by atoms with Crippen LogP contribution in [0.4, 0.5) is 0 Å². The minimum Gasteiger partial charge on any atom is -0.494 e. The molecule has 73 valence electrons. The van der Waals surface area contributed by atoms with Gasteiger partial charge in [0.2, 0.25) is 0 Å². The molecule has 0 amide bonds. The van der Waals surface area contributed by atoms with Gasteiger partial charge >= 0.3 is 0 Å². The first-order valence-electron chi connectivity index (χ1n) is 3.89. The van der Waals surface area contributed by atoms with Crippen molar-refractivity contribution in [3.63, 3.8) is 0 Å². The summed E-state index contributed by atoms with van der Waals surface area (Å²) < 4.78 is 5.29. The fraction of sp³-hybridized carbons (Fsp3) is 0.333. The zero-order chi connectivity index (χ0) is 8.10. The highest BCUT2D eigenvalue weighted by Gasteiger charge is 1.91. The van der Waals surface area contributed by atoms with Crippen molar-refractivity contribution in [2.24, 2.45) is 0 Å². The van der Waals surface area contributed by atoms with Gasteiger partial charge in [0.15, 0.2) is 0 Å². The molecule has 4 N–H and O–H groups in total. The van der Waals surface area contributed by atoms with Crippen LogP contribution in [0.1, 0.15) is 6.92 Å². The zero-order valence-corrected chi connectivity index (χ0v) is 8.00. The summed E-state index contributed by atoms with van der Waals surface area (Å²) in [4.78, 5) is 0. The van der Waals surface area contributed by atoms with Gasteiger partial charge in [-0.3, -0.25) is 0 Å². The first kappa shape index (κ1) is 14.5. The average molecular weight is 183 g/mol. The van der Waals surface area contributed by atoms with Crippen molar-refractivity contribution in [3.8, 4) is 5.75 Å². The Balaban J connectivity index is 0. The fourth-order valence-corrected chi connectivity index (χ4v) is 0.923. The van der Waals surface area contributed by atoms with Gasteiger partial charge in [-0.15, -0.1) is 0 Å². The molecule has 1 rings (SSSR count). The van der Waals surface area contributed by atoms with E-state index in [0.717, 1.165) is 12.4 Å². The summed E-state index contributed by atoms with van der Waals surface area (Å²) in [6.07, 6.45) is 0. The lowest BCUT2D eigenvalue weighted by molar-refractivity contribution is 0.340. The van der Waals surface area contributed by atoms with E-state index in [9.17, 15) is 0 Å². The van der Waals surface area contributed by atoms with Crippen molar-refractivity contribution >= 4 is 12.7 Å². The highest BCUT2D eigenvalue weighted by molar-refractivity contribution is 6.51. The van der Waals surface area contributed by atoms with Crippen molar-refractivity contribution in [3.05, 3.63) is 24.3 Å². The largest absolute Gasteiger partial charge is 0.494 e. The molecule has 0 spiro atoms. The third kappa shape index (κ3) is 4.55. The van der Waals surface area contributed by atoms with Gasteiger partial charge < -0.3 is 15.7 Å². The number of ether oxygens (including phenoxy) is 1. The molecule has 0 aliphatic carbocycles. The average Bonchev–Trinajstić information content (AvgIpc) is 2.07. The molecule has 0 aromatic heterocycles. The van der Waals surface area contributed by atoms with Gasteiger partial charge in [0.25, 0.3) is 0 Å². The molecular weight excluding hydrogens is 167 g/mol. The fourth-order valence-electron chi connectivity index (χ4n) is 0.923. The Kier molecular flexibility index (Phi) is 8.54. The third-order valence-electron chi connectivity index (χ3n) is 1.52. The molecule has 0 aliphatic heterocycles. The Morgan fingerprint density at radius 3 is 2.08 bits per heavy atom. The maximum atomic E-state index is 5.29. The van der Waals surface area contributed by atoms with Crippen LogP contribution in [0.2, 0.25) is 6.82 Å². The smallest absolute Gasteiger partial charge is 0.148 e. The van der Waals surface area contributed by atoms with E-state index in [-0.39, 0.29) is 11.0 Å². The van der Waals surface area contributed by atoms with E-state index in [1.807, 2.05) is 38.0 Å². The van der Waals surface area contributed by atoms with Gasteiger partial charge in [-0.25, -0.2) is 0 Å². The molecule has 0 bridgehead atoms. The Morgan fingerprint density at radius 2 is 1.69 bits per heavy atom. The van der Waals surface area contributed by atoms with Crippen LogP contribution in [0.25, 0.3) is 0 Å². The highest BCUT2D eigenvalue weighted by Crippen LogP contribution is 2.06. The predicted octanol–water partition coefficient (Wildman–Crippen LogP) is -0.187.